The predicted octanol–water partition coefficient (Wildman–Crippen LogP) is 2.39. The van der Waals surface area contributed by atoms with Crippen LogP contribution in [0.25, 0.3) is 0 Å². The molecular weight excluding hydrogens is 185 g/mol. The molecule has 0 saturated heterocycles. The van der Waals surface area contributed by atoms with Crippen LogP contribution < -0.4 is 4.74 Å². The van der Waals surface area contributed by atoms with Crippen LogP contribution in [-0.2, 0) is 6.61 Å². The second-order valence-electron chi connectivity index (χ2n) is 2.71. The minimum Gasteiger partial charge on any atom is -0.485 e. The van der Waals surface area contributed by atoms with Gasteiger partial charge in [0.25, 0.3) is 0 Å². The van der Waals surface area contributed by atoms with Gasteiger partial charge in [0.1, 0.15) is 18.2 Å². The van der Waals surface area contributed by atoms with Gasteiger partial charge >= 0.3 is 0 Å². The van der Waals surface area contributed by atoms with Crippen LogP contribution in [0.4, 0.5) is 4.39 Å². The number of halogens is 1. The number of oxazole rings is 1. The zero-order valence-corrected chi connectivity index (χ0v) is 7.31. The van der Waals surface area contributed by atoms with Crippen LogP contribution in [0.15, 0.2) is 41.3 Å². The van der Waals surface area contributed by atoms with E-state index in [9.17, 15) is 4.39 Å². The summed E-state index contributed by atoms with van der Waals surface area (Å²) in [6.45, 7) is 0.253. The first kappa shape index (κ1) is 8.74. The standard InChI is InChI=1S/C10H8FNO2/c11-8-2-1-3-9(4-8)13-6-10-5-12-7-14-10/h1-5,7H,6H2. The second-order valence-corrected chi connectivity index (χ2v) is 2.71. The topological polar surface area (TPSA) is 35.3 Å². The Morgan fingerprint density at radius 1 is 1.43 bits per heavy atom. The van der Waals surface area contributed by atoms with Crippen LogP contribution in [0.1, 0.15) is 5.76 Å². The van der Waals surface area contributed by atoms with Gasteiger partial charge in [-0.2, -0.15) is 0 Å². The van der Waals surface area contributed by atoms with E-state index in [1.807, 2.05) is 0 Å². The van der Waals surface area contributed by atoms with Gasteiger partial charge in [0.05, 0.1) is 6.20 Å². The summed E-state index contributed by atoms with van der Waals surface area (Å²) in [6.07, 6.45) is 2.88. The van der Waals surface area contributed by atoms with Gasteiger partial charge in [-0.3, -0.25) is 0 Å². The van der Waals surface area contributed by atoms with E-state index in [0.29, 0.717) is 11.5 Å². The lowest BCUT2D eigenvalue weighted by Crippen LogP contribution is -1.93. The molecule has 0 fully saturated rings. The van der Waals surface area contributed by atoms with Crippen molar-refractivity contribution in [3.8, 4) is 5.75 Å². The molecule has 0 saturated carbocycles. The third kappa shape index (κ3) is 2.10. The zero-order valence-electron chi connectivity index (χ0n) is 7.31. The number of hydrogen-bond donors (Lipinski definition) is 0. The van der Waals surface area contributed by atoms with E-state index in [-0.39, 0.29) is 12.4 Å². The molecule has 2 rings (SSSR count). The fourth-order valence-corrected chi connectivity index (χ4v) is 1.02. The largest absolute Gasteiger partial charge is 0.485 e. The first-order valence-corrected chi connectivity index (χ1v) is 4.10. The van der Waals surface area contributed by atoms with E-state index in [1.54, 1.807) is 18.3 Å². The summed E-state index contributed by atoms with van der Waals surface area (Å²) in [4.78, 5) is 3.73. The molecule has 0 aliphatic heterocycles. The van der Waals surface area contributed by atoms with E-state index in [4.69, 9.17) is 9.15 Å². The Morgan fingerprint density at radius 3 is 3.07 bits per heavy atom. The lowest BCUT2D eigenvalue weighted by atomic mass is 10.3. The van der Waals surface area contributed by atoms with Gasteiger partial charge in [0, 0.05) is 6.07 Å². The smallest absolute Gasteiger partial charge is 0.181 e. The minimum atomic E-state index is -0.319. The maximum Gasteiger partial charge on any atom is 0.181 e. The van der Waals surface area contributed by atoms with Crippen LogP contribution in [0.2, 0.25) is 0 Å². The van der Waals surface area contributed by atoms with Gasteiger partial charge in [-0.15, -0.1) is 0 Å². The molecular formula is C10H8FNO2. The Bertz CT molecular complexity index is 400. The molecule has 0 aliphatic carbocycles. The Morgan fingerprint density at radius 2 is 2.36 bits per heavy atom. The van der Waals surface area contributed by atoms with Crippen molar-refractivity contribution in [2.24, 2.45) is 0 Å². The number of benzene rings is 1. The van der Waals surface area contributed by atoms with Gasteiger partial charge in [0.15, 0.2) is 12.2 Å². The van der Waals surface area contributed by atoms with Gasteiger partial charge < -0.3 is 9.15 Å². The van der Waals surface area contributed by atoms with Crippen molar-refractivity contribution >= 4 is 0 Å². The van der Waals surface area contributed by atoms with Crippen molar-refractivity contribution in [2.45, 2.75) is 6.61 Å². The van der Waals surface area contributed by atoms with Gasteiger partial charge in [0.2, 0.25) is 0 Å². The number of ether oxygens (including phenoxy) is 1. The number of nitrogens with zero attached hydrogens (tertiary/aromatic N) is 1. The Kier molecular flexibility index (Phi) is 2.44. The van der Waals surface area contributed by atoms with Crippen molar-refractivity contribution in [1.29, 1.82) is 0 Å². The summed E-state index contributed by atoms with van der Waals surface area (Å²) in [5.74, 6) is 0.760. The highest BCUT2D eigenvalue weighted by Gasteiger charge is 1.99. The molecule has 14 heavy (non-hydrogen) atoms. The van der Waals surface area contributed by atoms with Gasteiger partial charge in [-0.25, -0.2) is 9.37 Å². The lowest BCUT2D eigenvalue weighted by molar-refractivity contribution is 0.269. The third-order valence-electron chi connectivity index (χ3n) is 1.66. The van der Waals surface area contributed by atoms with E-state index < -0.39 is 0 Å². The highest BCUT2D eigenvalue weighted by molar-refractivity contribution is 5.22. The van der Waals surface area contributed by atoms with E-state index in [2.05, 4.69) is 4.98 Å². The Hall–Kier alpha value is -1.84. The monoisotopic (exact) mass is 193 g/mol. The van der Waals surface area contributed by atoms with Crippen LogP contribution in [0, 0.1) is 5.82 Å². The summed E-state index contributed by atoms with van der Waals surface area (Å²) in [6, 6.07) is 5.95. The molecule has 2 aromatic rings. The summed E-state index contributed by atoms with van der Waals surface area (Å²) in [7, 11) is 0. The molecule has 1 heterocycles. The summed E-state index contributed by atoms with van der Waals surface area (Å²) < 4.78 is 22.9. The number of rotatable bonds is 3. The SMILES string of the molecule is Fc1cccc(OCc2cnco2)c1. The van der Waals surface area contributed by atoms with Crippen molar-refractivity contribution in [3.05, 3.63) is 48.4 Å². The van der Waals surface area contributed by atoms with Crippen molar-refractivity contribution in [1.82, 2.24) is 4.98 Å². The average molecular weight is 193 g/mol. The first-order chi connectivity index (χ1) is 6.84. The molecule has 0 spiro atoms. The quantitative estimate of drug-likeness (QED) is 0.750. The van der Waals surface area contributed by atoms with Crippen LogP contribution in [0.5, 0.6) is 5.75 Å². The number of aromatic nitrogens is 1. The van der Waals surface area contributed by atoms with Crippen LogP contribution >= 0.6 is 0 Å². The van der Waals surface area contributed by atoms with Crippen molar-refractivity contribution in [3.63, 3.8) is 0 Å². The summed E-state index contributed by atoms with van der Waals surface area (Å²) in [5, 5.41) is 0. The maximum absolute atomic E-state index is 12.7. The normalized spacial score (nSPS) is 10.1. The summed E-state index contributed by atoms with van der Waals surface area (Å²) in [5.41, 5.74) is 0. The molecule has 72 valence electrons. The molecule has 0 N–H and O–H groups in total. The molecule has 0 unspecified atom stereocenters. The Balaban J connectivity index is 1.98. The molecule has 0 radical (unpaired) electrons. The van der Waals surface area contributed by atoms with Crippen LogP contribution in [0.3, 0.4) is 0 Å². The molecule has 0 bridgehead atoms. The van der Waals surface area contributed by atoms with Gasteiger partial charge in [-0.1, -0.05) is 6.07 Å². The molecule has 1 aromatic carbocycles. The van der Waals surface area contributed by atoms with Crippen LogP contribution in [-0.4, -0.2) is 4.98 Å². The van der Waals surface area contributed by atoms with E-state index >= 15 is 0 Å². The van der Waals surface area contributed by atoms with E-state index in [0.717, 1.165) is 0 Å². The van der Waals surface area contributed by atoms with E-state index in [1.165, 1.54) is 18.5 Å². The average Bonchev–Trinajstić information content (AvgIpc) is 2.67. The highest BCUT2D eigenvalue weighted by atomic mass is 19.1. The third-order valence-corrected chi connectivity index (χ3v) is 1.66. The van der Waals surface area contributed by atoms with Crippen molar-refractivity contribution < 1.29 is 13.5 Å². The van der Waals surface area contributed by atoms with Gasteiger partial charge in [-0.05, 0) is 12.1 Å². The minimum absolute atomic E-state index is 0.253. The second kappa shape index (κ2) is 3.91. The molecule has 0 atom stereocenters. The first-order valence-electron chi connectivity index (χ1n) is 4.10. The highest BCUT2D eigenvalue weighted by Crippen LogP contribution is 2.13. The fraction of sp³-hybridized carbons (Fsp3) is 0.100. The summed E-state index contributed by atoms with van der Waals surface area (Å²) >= 11 is 0. The molecule has 0 amide bonds. The molecule has 4 heteroatoms. The molecule has 1 aromatic heterocycles. The van der Waals surface area contributed by atoms with Crippen molar-refractivity contribution in [2.75, 3.05) is 0 Å². The maximum atomic E-state index is 12.7. The number of hydrogen-bond acceptors (Lipinski definition) is 3. The lowest BCUT2D eigenvalue weighted by Gasteiger charge is -2.02. The molecule has 3 nitrogen and oxygen atoms in total. The fourth-order valence-electron chi connectivity index (χ4n) is 1.02. The Labute approximate surface area is 80.1 Å². The molecule has 0 aliphatic rings. The zero-order chi connectivity index (χ0) is 9.80. The predicted molar refractivity (Wildman–Crippen MR) is 47.2 cm³/mol.